The van der Waals surface area contributed by atoms with Crippen LogP contribution in [0, 0.1) is 0 Å². The lowest BCUT2D eigenvalue weighted by Crippen LogP contribution is -2.45. The molecule has 0 aliphatic rings. The number of nitrogens with one attached hydrogen (secondary N) is 2. The number of amides is 2. The fourth-order valence-corrected chi connectivity index (χ4v) is 2.71. The fraction of sp³-hybridized carbons (Fsp3) is 0.111. The minimum Gasteiger partial charge on any atom is -0.368 e. The molecule has 24 heavy (non-hydrogen) atoms. The van der Waals surface area contributed by atoms with Gasteiger partial charge in [0.1, 0.15) is 11.7 Å². The predicted octanol–water partition coefficient (Wildman–Crippen LogP) is 2.65. The molecule has 0 bridgehead atoms. The monoisotopic (exact) mass is 341 g/mol. The average Bonchev–Trinajstić information content (AvgIpc) is 2.98. The Morgan fingerprint density at radius 3 is 2.58 bits per heavy atom. The first kappa shape index (κ1) is 16.1. The van der Waals surface area contributed by atoms with Crippen LogP contribution in [0.25, 0.3) is 10.9 Å². The number of H-pyrrole nitrogens is 1. The van der Waals surface area contributed by atoms with E-state index in [9.17, 15) is 9.59 Å². The van der Waals surface area contributed by atoms with E-state index in [0.717, 1.165) is 16.5 Å². The molecule has 0 fully saturated rings. The highest BCUT2D eigenvalue weighted by molar-refractivity contribution is 6.31. The highest BCUT2D eigenvalue weighted by Gasteiger charge is 2.20. The molecular weight excluding hydrogens is 326 g/mol. The van der Waals surface area contributed by atoms with E-state index in [2.05, 4.69) is 10.3 Å². The number of carbonyl (C=O) groups excluding carboxylic acids is 2. The van der Waals surface area contributed by atoms with Crippen LogP contribution in [0.15, 0.2) is 54.6 Å². The first-order chi connectivity index (χ1) is 11.5. The number of primary amides is 1. The Kier molecular flexibility index (Phi) is 4.53. The maximum Gasteiger partial charge on any atom is 0.268 e. The standard InChI is InChI=1S/C18H16ClN3O2/c19-13-6-7-14-12(9-13)10-16(21-14)18(24)22-15(17(20)23)8-11-4-2-1-3-5-11/h1-7,9-10,15,21H,8H2,(H2,20,23)(H,22,24)/t15-/m0/s1. The van der Waals surface area contributed by atoms with Crippen LogP contribution in [0.5, 0.6) is 0 Å². The molecule has 4 N–H and O–H groups in total. The molecule has 2 aromatic carbocycles. The van der Waals surface area contributed by atoms with Gasteiger partial charge in [0.25, 0.3) is 5.91 Å². The predicted molar refractivity (Wildman–Crippen MR) is 93.9 cm³/mol. The van der Waals surface area contributed by atoms with Crippen LogP contribution in [0.3, 0.4) is 0 Å². The number of halogens is 1. The lowest BCUT2D eigenvalue weighted by atomic mass is 10.1. The second-order valence-electron chi connectivity index (χ2n) is 5.53. The zero-order valence-electron chi connectivity index (χ0n) is 12.8. The Hall–Kier alpha value is -2.79. The van der Waals surface area contributed by atoms with E-state index in [4.69, 9.17) is 17.3 Å². The van der Waals surface area contributed by atoms with Gasteiger partial charge in [-0.05, 0) is 29.8 Å². The van der Waals surface area contributed by atoms with Crippen LogP contribution in [0.1, 0.15) is 16.1 Å². The van der Waals surface area contributed by atoms with E-state index in [0.29, 0.717) is 17.1 Å². The van der Waals surface area contributed by atoms with Gasteiger partial charge in [-0.2, -0.15) is 0 Å². The summed E-state index contributed by atoms with van der Waals surface area (Å²) in [6, 6.07) is 15.6. The quantitative estimate of drug-likeness (QED) is 0.666. The van der Waals surface area contributed by atoms with Gasteiger partial charge < -0.3 is 16.0 Å². The molecule has 0 aliphatic heterocycles. The van der Waals surface area contributed by atoms with Crippen molar-refractivity contribution in [1.82, 2.24) is 10.3 Å². The van der Waals surface area contributed by atoms with Crippen molar-refractivity contribution in [3.05, 3.63) is 70.9 Å². The van der Waals surface area contributed by atoms with E-state index < -0.39 is 11.9 Å². The fourth-order valence-electron chi connectivity index (χ4n) is 2.53. The van der Waals surface area contributed by atoms with Crippen molar-refractivity contribution in [2.45, 2.75) is 12.5 Å². The highest BCUT2D eigenvalue weighted by Crippen LogP contribution is 2.20. The van der Waals surface area contributed by atoms with Gasteiger partial charge in [0.05, 0.1) is 0 Å². The third-order valence-electron chi connectivity index (χ3n) is 3.76. The van der Waals surface area contributed by atoms with Crippen molar-refractivity contribution in [1.29, 1.82) is 0 Å². The lowest BCUT2D eigenvalue weighted by molar-refractivity contribution is -0.119. The molecule has 0 aliphatic carbocycles. The molecule has 0 unspecified atom stereocenters. The number of hydrogen-bond donors (Lipinski definition) is 3. The second-order valence-corrected chi connectivity index (χ2v) is 5.97. The van der Waals surface area contributed by atoms with E-state index in [-0.39, 0.29) is 5.91 Å². The van der Waals surface area contributed by atoms with Crippen LogP contribution in [0.4, 0.5) is 0 Å². The van der Waals surface area contributed by atoms with Crippen LogP contribution in [-0.4, -0.2) is 22.8 Å². The minimum atomic E-state index is -0.782. The van der Waals surface area contributed by atoms with E-state index in [1.54, 1.807) is 24.3 Å². The number of aromatic amines is 1. The molecule has 6 heteroatoms. The Morgan fingerprint density at radius 2 is 1.88 bits per heavy atom. The molecule has 2 amide bonds. The summed E-state index contributed by atoms with van der Waals surface area (Å²) in [4.78, 5) is 27.1. The number of hydrogen-bond acceptors (Lipinski definition) is 2. The minimum absolute atomic E-state index is 0.341. The molecule has 0 saturated heterocycles. The second kappa shape index (κ2) is 6.76. The SMILES string of the molecule is NC(=O)[C@H](Cc1ccccc1)NC(=O)c1cc2cc(Cl)ccc2[nH]1. The van der Waals surface area contributed by atoms with Gasteiger partial charge in [-0.25, -0.2) is 0 Å². The molecule has 122 valence electrons. The van der Waals surface area contributed by atoms with Crippen LogP contribution in [-0.2, 0) is 11.2 Å². The Morgan fingerprint density at radius 1 is 1.12 bits per heavy atom. The number of aromatic nitrogens is 1. The zero-order chi connectivity index (χ0) is 17.1. The maximum absolute atomic E-state index is 12.4. The topological polar surface area (TPSA) is 88.0 Å². The van der Waals surface area contributed by atoms with Gasteiger partial charge in [-0.3, -0.25) is 9.59 Å². The van der Waals surface area contributed by atoms with Crippen LogP contribution < -0.4 is 11.1 Å². The summed E-state index contributed by atoms with van der Waals surface area (Å²) in [5.74, 6) is -0.964. The van der Waals surface area contributed by atoms with E-state index in [1.165, 1.54) is 0 Å². The zero-order valence-corrected chi connectivity index (χ0v) is 13.5. The molecular formula is C18H16ClN3O2. The molecule has 0 saturated carbocycles. The Balaban J connectivity index is 1.78. The highest BCUT2D eigenvalue weighted by atomic mass is 35.5. The van der Waals surface area contributed by atoms with Crippen molar-refractivity contribution in [3.63, 3.8) is 0 Å². The molecule has 3 aromatic rings. The molecule has 1 heterocycles. The number of carbonyl (C=O) groups is 2. The largest absolute Gasteiger partial charge is 0.368 e. The maximum atomic E-state index is 12.4. The van der Waals surface area contributed by atoms with Gasteiger partial charge in [0, 0.05) is 22.3 Å². The average molecular weight is 342 g/mol. The van der Waals surface area contributed by atoms with Crippen molar-refractivity contribution >= 4 is 34.3 Å². The first-order valence-corrected chi connectivity index (χ1v) is 7.83. The number of nitrogens with two attached hydrogens (primary N) is 1. The molecule has 1 aromatic heterocycles. The van der Waals surface area contributed by atoms with Crippen molar-refractivity contribution < 1.29 is 9.59 Å². The summed E-state index contributed by atoms with van der Waals surface area (Å²) in [6.07, 6.45) is 0.341. The molecule has 0 spiro atoms. The summed E-state index contributed by atoms with van der Waals surface area (Å²) in [6.45, 7) is 0. The van der Waals surface area contributed by atoms with Gasteiger partial charge in [0.15, 0.2) is 0 Å². The number of rotatable bonds is 5. The van der Waals surface area contributed by atoms with Crippen LogP contribution in [0.2, 0.25) is 5.02 Å². The molecule has 3 rings (SSSR count). The van der Waals surface area contributed by atoms with Gasteiger partial charge in [-0.15, -0.1) is 0 Å². The van der Waals surface area contributed by atoms with Gasteiger partial charge in [0.2, 0.25) is 5.91 Å². The van der Waals surface area contributed by atoms with Crippen molar-refractivity contribution in [2.75, 3.05) is 0 Å². The third-order valence-corrected chi connectivity index (χ3v) is 3.99. The van der Waals surface area contributed by atoms with E-state index >= 15 is 0 Å². The normalized spacial score (nSPS) is 12.0. The van der Waals surface area contributed by atoms with Crippen molar-refractivity contribution in [2.24, 2.45) is 5.73 Å². The Bertz CT molecular complexity index is 890. The molecule has 5 nitrogen and oxygen atoms in total. The van der Waals surface area contributed by atoms with E-state index in [1.807, 2.05) is 30.3 Å². The Labute approximate surface area is 143 Å². The van der Waals surface area contributed by atoms with Crippen LogP contribution >= 0.6 is 11.6 Å². The molecule has 0 radical (unpaired) electrons. The smallest absolute Gasteiger partial charge is 0.268 e. The summed E-state index contributed by atoms with van der Waals surface area (Å²) < 4.78 is 0. The first-order valence-electron chi connectivity index (χ1n) is 7.45. The summed E-state index contributed by atoms with van der Waals surface area (Å²) in [5.41, 5.74) is 7.49. The molecule has 1 atom stereocenters. The number of fused-ring (bicyclic) bond motifs is 1. The van der Waals surface area contributed by atoms with Gasteiger partial charge in [-0.1, -0.05) is 41.9 Å². The third kappa shape index (κ3) is 3.58. The van der Waals surface area contributed by atoms with Gasteiger partial charge >= 0.3 is 0 Å². The summed E-state index contributed by atoms with van der Waals surface area (Å²) in [5, 5.41) is 4.09. The lowest BCUT2D eigenvalue weighted by Gasteiger charge is -2.15. The summed E-state index contributed by atoms with van der Waals surface area (Å²) in [7, 11) is 0. The summed E-state index contributed by atoms with van der Waals surface area (Å²) >= 11 is 5.95. The van der Waals surface area contributed by atoms with Crippen molar-refractivity contribution in [3.8, 4) is 0 Å². The number of benzene rings is 2.